The first-order valence-electron chi connectivity index (χ1n) is 6.51. The van der Waals surface area contributed by atoms with Crippen LogP contribution in [-0.2, 0) is 10.0 Å². The van der Waals surface area contributed by atoms with Gasteiger partial charge in [0.1, 0.15) is 16.5 Å². The van der Waals surface area contributed by atoms with E-state index in [1.807, 2.05) is 0 Å². The van der Waals surface area contributed by atoms with E-state index in [2.05, 4.69) is 0 Å². The minimum absolute atomic E-state index is 0.0231. The molecule has 0 aliphatic rings. The molecule has 0 aliphatic carbocycles. The van der Waals surface area contributed by atoms with Crippen molar-refractivity contribution in [3.8, 4) is 0 Å². The number of sulfonamides is 1. The van der Waals surface area contributed by atoms with Crippen LogP contribution in [0.1, 0.15) is 5.56 Å². The first-order chi connectivity index (χ1) is 10.4. The zero-order valence-corrected chi connectivity index (χ0v) is 12.6. The van der Waals surface area contributed by atoms with Crippen molar-refractivity contribution in [2.45, 2.75) is 11.8 Å². The Hall–Kier alpha value is -1.99. The Kier molecular flexibility index (Phi) is 4.77. The predicted octanol–water partition coefficient (Wildman–Crippen LogP) is 2.46. The van der Waals surface area contributed by atoms with Gasteiger partial charge in [-0.3, -0.25) is 4.31 Å². The Labute approximate surface area is 127 Å². The van der Waals surface area contributed by atoms with E-state index in [0.29, 0.717) is 5.56 Å². The Morgan fingerprint density at radius 2 is 1.86 bits per heavy atom. The lowest BCUT2D eigenvalue weighted by Crippen LogP contribution is -2.34. The van der Waals surface area contributed by atoms with Crippen LogP contribution >= 0.6 is 0 Å². The third kappa shape index (κ3) is 3.26. The van der Waals surface area contributed by atoms with Crippen LogP contribution in [0, 0.1) is 18.6 Å². The summed E-state index contributed by atoms with van der Waals surface area (Å²) in [5.74, 6) is -1.52. The van der Waals surface area contributed by atoms with E-state index >= 15 is 0 Å². The van der Waals surface area contributed by atoms with Crippen molar-refractivity contribution in [3.05, 3.63) is 59.7 Å². The first-order valence-corrected chi connectivity index (χ1v) is 7.95. The molecule has 0 spiro atoms. The van der Waals surface area contributed by atoms with Crippen LogP contribution < -0.4 is 4.31 Å². The minimum atomic E-state index is -4.25. The number of anilines is 1. The van der Waals surface area contributed by atoms with Gasteiger partial charge in [0.25, 0.3) is 10.0 Å². The van der Waals surface area contributed by atoms with Crippen molar-refractivity contribution in [2.24, 2.45) is 0 Å². The molecule has 0 fully saturated rings. The fraction of sp³-hybridized carbons (Fsp3) is 0.200. The van der Waals surface area contributed by atoms with Crippen molar-refractivity contribution in [2.75, 3.05) is 17.5 Å². The molecular formula is C15H15F2NO3S. The van der Waals surface area contributed by atoms with Crippen LogP contribution in [0.25, 0.3) is 0 Å². The molecule has 4 nitrogen and oxygen atoms in total. The van der Waals surface area contributed by atoms with Gasteiger partial charge in [-0.2, -0.15) is 0 Å². The quantitative estimate of drug-likeness (QED) is 0.918. The highest BCUT2D eigenvalue weighted by Gasteiger charge is 2.28. The van der Waals surface area contributed by atoms with Crippen LogP contribution in [0.5, 0.6) is 0 Å². The molecule has 0 heterocycles. The Balaban J connectivity index is 2.58. The van der Waals surface area contributed by atoms with Crippen molar-refractivity contribution < 1.29 is 22.3 Å². The van der Waals surface area contributed by atoms with E-state index in [1.165, 1.54) is 30.3 Å². The zero-order valence-electron chi connectivity index (χ0n) is 11.8. The summed E-state index contributed by atoms with van der Waals surface area (Å²) in [6.45, 7) is 0.847. The summed E-state index contributed by atoms with van der Waals surface area (Å²) in [6.07, 6.45) is 0. The normalized spacial score (nSPS) is 11.5. The number of nitrogens with zero attached hydrogens (tertiary/aromatic N) is 1. The zero-order chi connectivity index (χ0) is 16.3. The number of halogens is 2. The number of aryl methyl sites for hydroxylation is 1. The molecule has 2 rings (SSSR count). The van der Waals surface area contributed by atoms with Gasteiger partial charge >= 0.3 is 0 Å². The first kappa shape index (κ1) is 16.4. The van der Waals surface area contributed by atoms with Crippen LogP contribution in [0.4, 0.5) is 14.5 Å². The van der Waals surface area contributed by atoms with Crippen molar-refractivity contribution in [3.63, 3.8) is 0 Å². The SMILES string of the molecule is Cc1ccc(F)c(S(=O)(=O)N(CCO)c2cccc(F)c2)c1. The standard InChI is InChI=1S/C15H15F2NO3S/c1-11-5-6-14(17)15(9-11)22(20,21)18(7-8-19)13-4-2-3-12(16)10-13/h2-6,9-10,19H,7-8H2,1H3. The van der Waals surface area contributed by atoms with Crippen molar-refractivity contribution in [1.29, 1.82) is 0 Å². The maximum absolute atomic E-state index is 13.9. The molecule has 0 amide bonds. The van der Waals surface area contributed by atoms with Gasteiger partial charge in [-0.1, -0.05) is 12.1 Å². The van der Waals surface area contributed by atoms with E-state index in [-0.39, 0.29) is 12.2 Å². The van der Waals surface area contributed by atoms with Gasteiger partial charge in [-0.25, -0.2) is 17.2 Å². The number of hydrogen-bond acceptors (Lipinski definition) is 3. The van der Waals surface area contributed by atoms with E-state index in [9.17, 15) is 17.2 Å². The van der Waals surface area contributed by atoms with Crippen LogP contribution in [0.3, 0.4) is 0 Å². The highest BCUT2D eigenvalue weighted by molar-refractivity contribution is 7.92. The van der Waals surface area contributed by atoms with Gasteiger partial charge in [-0.15, -0.1) is 0 Å². The summed E-state index contributed by atoms with van der Waals surface area (Å²) in [6, 6.07) is 8.62. The smallest absolute Gasteiger partial charge is 0.267 e. The molecule has 1 N–H and O–H groups in total. The third-order valence-corrected chi connectivity index (χ3v) is 4.90. The molecule has 22 heavy (non-hydrogen) atoms. The van der Waals surface area contributed by atoms with Gasteiger partial charge in [0, 0.05) is 0 Å². The molecule has 118 valence electrons. The number of benzene rings is 2. The molecule has 0 aromatic heterocycles. The summed E-state index contributed by atoms with van der Waals surface area (Å²) in [7, 11) is -4.25. The third-order valence-electron chi connectivity index (χ3n) is 3.05. The number of aliphatic hydroxyl groups is 1. The second-order valence-corrected chi connectivity index (χ2v) is 6.55. The second kappa shape index (κ2) is 6.41. The second-order valence-electron chi connectivity index (χ2n) is 4.71. The van der Waals surface area contributed by atoms with E-state index in [0.717, 1.165) is 16.4 Å². The molecule has 0 saturated carbocycles. The summed E-state index contributed by atoms with van der Waals surface area (Å²) in [5.41, 5.74) is 0.595. The van der Waals surface area contributed by atoms with E-state index < -0.39 is 33.2 Å². The van der Waals surface area contributed by atoms with Gasteiger partial charge in [0.15, 0.2) is 0 Å². The maximum atomic E-state index is 13.9. The van der Waals surface area contributed by atoms with Gasteiger partial charge in [0.2, 0.25) is 0 Å². The summed E-state index contributed by atoms with van der Waals surface area (Å²) >= 11 is 0. The average Bonchev–Trinajstić information content (AvgIpc) is 2.47. The van der Waals surface area contributed by atoms with Crippen LogP contribution in [0.15, 0.2) is 47.4 Å². The monoisotopic (exact) mass is 327 g/mol. The Morgan fingerprint density at radius 1 is 1.14 bits per heavy atom. The number of rotatable bonds is 5. The largest absolute Gasteiger partial charge is 0.394 e. The Bertz CT molecular complexity index is 778. The molecule has 2 aromatic carbocycles. The molecule has 0 atom stereocenters. The van der Waals surface area contributed by atoms with E-state index in [1.54, 1.807) is 6.92 Å². The minimum Gasteiger partial charge on any atom is -0.394 e. The average molecular weight is 327 g/mol. The molecule has 2 aromatic rings. The number of hydrogen-bond donors (Lipinski definition) is 1. The van der Waals surface area contributed by atoms with Gasteiger partial charge in [0.05, 0.1) is 18.8 Å². The molecule has 0 aliphatic heterocycles. The Morgan fingerprint density at radius 3 is 2.50 bits per heavy atom. The van der Waals surface area contributed by atoms with E-state index in [4.69, 9.17) is 5.11 Å². The summed E-state index contributed by atoms with van der Waals surface area (Å²) in [5, 5.41) is 9.11. The van der Waals surface area contributed by atoms with Crippen LogP contribution in [0.2, 0.25) is 0 Å². The lowest BCUT2D eigenvalue weighted by atomic mass is 10.2. The lowest BCUT2D eigenvalue weighted by molar-refractivity contribution is 0.306. The summed E-state index contributed by atoms with van der Waals surface area (Å²) < 4.78 is 53.4. The molecular weight excluding hydrogens is 312 g/mol. The molecule has 7 heteroatoms. The van der Waals surface area contributed by atoms with Gasteiger partial charge < -0.3 is 5.11 Å². The maximum Gasteiger partial charge on any atom is 0.267 e. The van der Waals surface area contributed by atoms with Crippen molar-refractivity contribution >= 4 is 15.7 Å². The number of aliphatic hydroxyl groups excluding tert-OH is 1. The highest BCUT2D eigenvalue weighted by Crippen LogP contribution is 2.26. The fourth-order valence-corrected chi connectivity index (χ4v) is 3.64. The topological polar surface area (TPSA) is 57.6 Å². The molecule has 0 saturated heterocycles. The molecule has 0 bridgehead atoms. The lowest BCUT2D eigenvalue weighted by Gasteiger charge is -2.24. The molecule has 0 unspecified atom stereocenters. The summed E-state index contributed by atoms with van der Waals surface area (Å²) in [4.78, 5) is -0.509. The predicted molar refractivity (Wildman–Crippen MR) is 79.2 cm³/mol. The highest BCUT2D eigenvalue weighted by atomic mass is 32.2. The van der Waals surface area contributed by atoms with Crippen molar-refractivity contribution in [1.82, 2.24) is 0 Å². The fourth-order valence-electron chi connectivity index (χ4n) is 2.04. The molecule has 0 radical (unpaired) electrons. The van der Waals surface area contributed by atoms with Crippen LogP contribution in [-0.4, -0.2) is 26.7 Å². The van der Waals surface area contributed by atoms with Gasteiger partial charge in [-0.05, 0) is 42.8 Å².